The molecule has 1 saturated carbocycles. The largest absolute Gasteiger partial charge is 0.402 e. The molecule has 0 spiro atoms. The summed E-state index contributed by atoms with van der Waals surface area (Å²) in [6.07, 6.45) is 4.50. The second-order valence-electron chi connectivity index (χ2n) is 2.95. The maximum absolute atomic E-state index is 10.4. The van der Waals surface area contributed by atoms with Gasteiger partial charge in [0.05, 0.1) is 0 Å². The van der Waals surface area contributed by atoms with Crippen LogP contribution in [0.1, 0.15) is 32.1 Å². The van der Waals surface area contributed by atoms with Crippen LogP contribution in [0.4, 0.5) is 0 Å². The molecule has 0 radical (unpaired) electrons. The summed E-state index contributed by atoms with van der Waals surface area (Å²) in [6.45, 7) is 0. The Kier molecular flexibility index (Phi) is 2.52. The van der Waals surface area contributed by atoms with Gasteiger partial charge in [-0.2, -0.15) is 0 Å². The van der Waals surface area contributed by atoms with E-state index in [1.165, 1.54) is 12.0 Å². The minimum absolute atomic E-state index is 0.270. The topological polar surface area (TPSA) is 69.1 Å². The fourth-order valence-corrected chi connectivity index (χ4v) is 1.11. The van der Waals surface area contributed by atoms with Crippen molar-refractivity contribution in [2.24, 2.45) is 11.5 Å². The van der Waals surface area contributed by atoms with Crippen molar-refractivity contribution < 1.29 is 4.79 Å². The van der Waals surface area contributed by atoms with Crippen molar-refractivity contribution >= 4 is 5.91 Å². The van der Waals surface area contributed by atoms with E-state index in [0.29, 0.717) is 12.8 Å². The number of hydrogen-bond acceptors (Lipinski definition) is 2. The first-order valence-corrected chi connectivity index (χ1v) is 3.95. The predicted molar refractivity (Wildman–Crippen MR) is 43.5 cm³/mol. The van der Waals surface area contributed by atoms with Gasteiger partial charge in [-0.15, -0.1) is 0 Å². The second-order valence-corrected chi connectivity index (χ2v) is 2.95. The number of carbonyl (C=O) groups is 1. The predicted octanol–water partition coefficient (Wildman–Crippen LogP) is 0.649. The van der Waals surface area contributed by atoms with Crippen molar-refractivity contribution in [2.75, 3.05) is 0 Å². The standard InChI is InChI=1S/C8H14N2O/c9-7(4-5-8(10)11)6-2-1-3-6/h1-5,9H2,(H2,10,11). The zero-order valence-corrected chi connectivity index (χ0v) is 6.60. The number of primary amides is 1. The summed E-state index contributed by atoms with van der Waals surface area (Å²) in [6, 6.07) is 0. The molecule has 1 aliphatic carbocycles. The Bertz CT molecular complexity index is 190. The summed E-state index contributed by atoms with van der Waals surface area (Å²) in [4.78, 5) is 10.4. The molecule has 1 rings (SSSR count). The molecule has 0 aromatic rings. The molecule has 0 aromatic heterocycles. The number of allylic oxidation sites excluding steroid dienone is 2. The van der Waals surface area contributed by atoms with Gasteiger partial charge in [-0.05, 0) is 25.7 Å². The Morgan fingerprint density at radius 3 is 2.27 bits per heavy atom. The quantitative estimate of drug-likeness (QED) is 0.626. The van der Waals surface area contributed by atoms with Crippen LogP contribution in [0.15, 0.2) is 11.3 Å². The highest BCUT2D eigenvalue weighted by Crippen LogP contribution is 2.28. The normalized spacial score (nSPS) is 15.8. The van der Waals surface area contributed by atoms with Gasteiger partial charge in [0.15, 0.2) is 0 Å². The van der Waals surface area contributed by atoms with Crippen LogP contribution in [-0.4, -0.2) is 5.91 Å². The van der Waals surface area contributed by atoms with Crippen LogP contribution in [0.5, 0.6) is 0 Å². The van der Waals surface area contributed by atoms with Gasteiger partial charge in [-0.3, -0.25) is 4.79 Å². The molecule has 3 heteroatoms. The van der Waals surface area contributed by atoms with Crippen LogP contribution in [0, 0.1) is 0 Å². The van der Waals surface area contributed by atoms with Crippen LogP contribution in [-0.2, 0) is 4.79 Å². The molecule has 0 heterocycles. The van der Waals surface area contributed by atoms with Crippen molar-refractivity contribution in [2.45, 2.75) is 32.1 Å². The maximum Gasteiger partial charge on any atom is 0.217 e. The molecular weight excluding hydrogens is 140 g/mol. The number of nitrogens with two attached hydrogens (primary N) is 2. The van der Waals surface area contributed by atoms with Gasteiger partial charge in [-0.25, -0.2) is 0 Å². The monoisotopic (exact) mass is 154 g/mol. The molecule has 62 valence electrons. The molecule has 1 amide bonds. The summed E-state index contributed by atoms with van der Waals surface area (Å²) in [7, 11) is 0. The zero-order valence-electron chi connectivity index (χ0n) is 6.60. The lowest BCUT2D eigenvalue weighted by molar-refractivity contribution is -0.117. The molecule has 0 atom stereocenters. The zero-order chi connectivity index (χ0) is 8.27. The molecule has 11 heavy (non-hydrogen) atoms. The third kappa shape index (κ3) is 2.26. The Labute approximate surface area is 66.4 Å². The average Bonchev–Trinajstić information content (AvgIpc) is 1.79. The summed E-state index contributed by atoms with van der Waals surface area (Å²) in [5, 5.41) is 0. The lowest BCUT2D eigenvalue weighted by atomic mass is 9.89. The third-order valence-electron chi connectivity index (χ3n) is 2.05. The molecular formula is C8H14N2O. The fourth-order valence-electron chi connectivity index (χ4n) is 1.11. The summed E-state index contributed by atoms with van der Waals surface area (Å²) >= 11 is 0. The maximum atomic E-state index is 10.4. The van der Waals surface area contributed by atoms with E-state index in [1.54, 1.807) is 0 Å². The van der Waals surface area contributed by atoms with Crippen LogP contribution in [0.25, 0.3) is 0 Å². The van der Waals surface area contributed by atoms with E-state index in [4.69, 9.17) is 11.5 Å². The van der Waals surface area contributed by atoms with E-state index in [2.05, 4.69) is 0 Å². The van der Waals surface area contributed by atoms with Crippen LogP contribution in [0.3, 0.4) is 0 Å². The Balaban J connectivity index is 2.30. The molecule has 0 aromatic carbocycles. The van der Waals surface area contributed by atoms with Crippen LogP contribution in [0.2, 0.25) is 0 Å². The fraction of sp³-hybridized carbons (Fsp3) is 0.625. The van der Waals surface area contributed by atoms with E-state index in [0.717, 1.165) is 18.5 Å². The van der Waals surface area contributed by atoms with E-state index in [9.17, 15) is 4.79 Å². The van der Waals surface area contributed by atoms with Crippen LogP contribution >= 0.6 is 0 Å². The molecule has 0 bridgehead atoms. The average molecular weight is 154 g/mol. The van der Waals surface area contributed by atoms with Gasteiger partial charge in [-0.1, -0.05) is 5.57 Å². The highest BCUT2D eigenvalue weighted by molar-refractivity contribution is 5.73. The van der Waals surface area contributed by atoms with Gasteiger partial charge < -0.3 is 11.5 Å². The van der Waals surface area contributed by atoms with E-state index < -0.39 is 0 Å². The van der Waals surface area contributed by atoms with Gasteiger partial charge >= 0.3 is 0 Å². The van der Waals surface area contributed by atoms with E-state index in [1.807, 2.05) is 0 Å². The Hall–Kier alpha value is -0.990. The first kappa shape index (κ1) is 8.11. The number of amides is 1. The van der Waals surface area contributed by atoms with Gasteiger partial charge in [0.1, 0.15) is 0 Å². The minimum atomic E-state index is -0.270. The molecule has 4 N–H and O–H groups in total. The molecule has 1 fully saturated rings. The van der Waals surface area contributed by atoms with Crippen molar-refractivity contribution in [3.05, 3.63) is 11.3 Å². The number of rotatable bonds is 3. The van der Waals surface area contributed by atoms with Crippen molar-refractivity contribution in [1.29, 1.82) is 0 Å². The lowest BCUT2D eigenvalue weighted by Crippen LogP contribution is -2.14. The smallest absolute Gasteiger partial charge is 0.217 e. The number of carbonyl (C=O) groups excluding carboxylic acids is 1. The number of hydrogen-bond donors (Lipinski definition) is 2. The van der Waals surface area contributed by atoms with Gasteiger partial charge in [0, 0.05) is 12.1 Å². The molecule has 1 aliphatic rings. The Morgan fingerprint density at radius 1 is 1.27 bits per heavy atom. The molecule has 0 aliphatic heterocycles. The first-order valence-electron chi connectivity index (χ1n) is 3.95. The van der Waals surface area contributed by atoms with E-state index >= 15 is 0 Å². The molecule has 0 saturated heterocycles. The van der Waals surface area contributed by atoms with Crippen molar-refractivity contribution in [3.8, 4) is 0 Å². The van der Waals surface area contributed by atoms with Crippen LogP contribution < -0.4 is 11.5 Å². The first-order chi connectivity index (χ1) is 5.20. The SMILES string of the molecule is NC(=O)CCC(N)=C1CCC1. The van der Waals surface area contributed by atoms with Crippen molar-refractivity contribution in [3.63, 3.8) is 0 Å². The summed E-state index contributed by atoms with van der Waals surface area (Å²) in [5.41, 5.74) is 12.9. The third-order valence-corrected chi connectivity index (χ3v) is 2.05. The summed E-state index contributed by atoms with van der Waals surface area (Å²) < 4.78 is 0. The lowest BCUT2D eigenvalue weighted by Gasteiger charge is -2.19. The van der Waals surface area contributed by atoms with Gasteiger partial charge in [0.2, 0.25) is 5.91 Å². The highest BCUT2D eigenvalue weighted by atomic mass is 16.1. The highest BCUT2D eigenvalue weighted by Gasteiger charge is 2.12. The molecule has 0 unspecified atom stereocenters. The Morgan fingerprint density at radius 2 is 1.91 bits per heavy atom. The minimum Gasteiger partial charge on any atom is -0.402 e. The molecule has 3 nitrogen and oxygen atoms in total. The second kappa shape index (κ2) is 3.42. The van der Waals surface area contributed by atoms with Gasteiger partial charge in [0.25, 0.3) is 0 Å². The van der Waals surface area contributed by atoms with E-state index in [-0.39, 0.29) is 5.91 Å². The summed E-state index contributed by atoms with van der Waals surface area (Å²) in [5.74, 6) is -0.270. The van der Waals surface area contributed by atoms with Crippen molar-refractivity contribution in [1.82, 2.24) is 0 Å².